The van der Waals surface area contributed by atoms with Crippen molar-refractivity contribution in [3.8, 4) is 0 Å². The predicted octanol–water partition coefficient (Wildman–Crippen LogP) is 3.27. The minimum atomic E-state index is -3.58. The van der Waals surface area contributed by atoms with E-state index in [0.717, 1.165) is 31.2 Å². The Kier molecular flexibility index (Phi) is 6.63. The quantitative estimate of drug-likeness (QED) is 0.767. The van der Waals surface area contributed by atoms with Crippen molar-refractivity contribution < 1.29 is 13.2 Å². The Morgan fingerprint density at radius 3 is 2.26 bits per heavy atom. The van der Waals surface area contributed by atoms with Gasteiger partial charge in [0.05, 0.1) is 4.90 Å². The number of carbonyl (C=O) groups is 1. The lowest BCUT2D eigenvalue weighted by Gasteiger charge is -2.22. The van der Waals surface area contributed by atoms with Crippen molar-refractivity contribution in [3.05, 3.63) is 65.7 Å². The van der Waals surface area contributed by atoms with Crippen molar-refractivity contribution in [3.63, 3.8) is 0 Å². The van der Waals surface area contributed by atoms with Crippen LogP contribution in [0, 0.1) is 0 Å². The molecule has 144 valence electrons. The first-order valence-corrected chi connectivity index (χ1v) is 11.0. The number of benzene rings is 2. The molecule has 1 aliphatic rings. The lowest BCUT2D eigenvalue weighted by Crippen LogP contribution is -2.36. The number of hydrogen-bond donors (Lipinski definition) is 2. The van der Waals surface area contributed by atoms with Crippen LogP contribution in [-0.4, -0.2) is 26.9 Å². The molecule has 1 amide bonds. The highest BCUT2D eigenvalue weighted by Crippen LogP contribution is 2.18. The molecular weight excluding hydrogens is 360 g/mol. The van der Waals surface area contributed by atoms with Gasteiger partial charge in [-0.25, -0.2) is 13.1 Å². The van der Waals surface area contributed by atoms with E-state index in [2.05, 4.69) is 10.0 Å². The van der Waals surface area contributed by atoms with E-state index in [1.807, 2.05) is 30.3 Å². The van der Waals surface area contributed by atoms with Gasteiger partial charge in [-0.2, -0.15) is 0 Å². The molecule has 0 aliphatic heterocycles. The predicted molar refractivity (Wildman–Crippen MR) is 106 cm³/mol. The zero-order valence-corrected chi connectivity index (χ0v) is 16.2. The smallest absolute Gasteiger partial charge is 0.251 e. The van der Waals surface area contributed by atoms with E-state index < -0.39 is 10.0 Å². The van der Waals surface area contributed by atoms with Crippen LogP contribution in [0.5, 0.6) is 0 Å². The van der Waals surface area contributed by atoms with Gasteiger partial charge >= 0.3 is 0 Å². The second-order valence-corrected chi connectivity index (χ2v) is 8.73. The molecule has 0 radical (unpaired) electrons. The van der Waals surface area contributed by atoms with Crippen LogP contribution in [0.15, 0.2) is 59.5 Å². The van der Waals surface area contributed by atoms with E-state index in [-0.39, 0.29) is 16.8 Å². The lowest BCUT2D eigenvalue weighted by molar-refractivity contribution is 0.0927. The number of nitrogens with one attached hydrogen (secondary N) is 2. The first-order chi connectivity index (χ1) is 13.0. The Morgan fingerprint density at radius 1 is 0.926 bits per heavy atom. The summed E-state index contributed by atoms with van der Waals surface area (Å²) < 4.78 is 27.4. The maximum absolute atomic E-state index is 12.4. The minimum Gasteiger partial charge on any atom is -0.349 e. The zero-order chi connectivity index (χ0) is 19.1. The SMILES string of the molecule is O=C(NC1CCCCC1)c1ccc(S(=O)(=O)NCCc2ccccc2)cc1. The lowest BCUT2D eigenvalue weighted by atomic mass is 9.95. The molecule has 0 bridgehead atoms. The number of carbonyl (C=O) groups excluding carboxylic acids is 1. The third kappa shape index (κ3) is 5.65. The molecule has 2 aromatic carbocycles. The molecule has 6 heteroatoms. The second kappa shape index (κ2) is 9.15. The molecule has 3 rings (SSSR count). The molecule has 0 aromatic heterocycles. The average molecular weight is 387 g/mol. The molecular formula is C21H26N2O3S. The standard InChI is InChI=1S/C21H26N2O3S/c24-21(23-19-9-5-2-6-10-19)18-11-13-20(14-12-18)27(25,26)22-16-15-17-7-3-1-4-8-17/h1,3-4,7-8,11-14,19,22H,2,5-6,9-10,15-16H2,(H,23,24). The fourth-order valence-electron chi connectivity index (χ4n) is 3.36. The van der Waals surface area contributed by atoms with Gasteiger partial charge in [0, 0.05) is 18.2 Å². The molecule has 0 heterocycles. The number of amides is 1. The molecule has 2 N–H and O–H groups in total. The maximum Gasteiger partial charge on any atom is 0.251 e. The van der Waals surface area contributed by atoms with Gasteiger partial charge in [-0.15, -0.1) is 0 Å². The fraction of sp³-hybridized carbons (Fsp3) is 0.381. The van der Waals surface area contributed by atoms with Gasteiger partial charge in [0.1, 0.15) is 0 Å². The van der Waals surface area contributed by atoms with Crippen molar-refractivity contribution in [2.45, 2.75) is 49.5 Å². The summed E-state index contributed by atoms with van der Waals surface area (Å²) >= 11 is 0. The Labute approximate surface area is 161 Å². The van der Waals surface area contributed by atoms with Crippen molar-refractivity contribution in [2.75, 3.05) is 6.54 Å². The molecule has 0 atom stereocenters. The van der Waals surface area contributed by atoms with E-state index in [1.165, 1.54) is 18.6 Å². The average Bonchev–Trinajstić information content (AvgIpc) is 2.69. The molecule has 2 aromatic rings. The molecule has 5 nitrogen and oxygen atoms in total. The fourth-order valence-corrected chi connectivity index (χ4v) is 4.39. The van der Waals surface area contributed by atoms with Crippen LogP contribution in [0.3, 0.4) is 0 Å². The van der Waals surface area contributed by atoms with Gasteiger partial charge in [0.2, 0.25) is 10.0 Å². The Hall–Kier alpha value is -2.18. The largest absolute Gasteiger partial charge is 0.349 e. The maximum atomic E-state index is 12.4. The topological polar surface area (TPSA) is 75.3 Å². The van der Waals surface area contributed by atoms with E-state index in [1.54, 1.807) is 12.1 Å². The Morgan fingerprint density at radius 2 is 1.59 bits per heavy atom. The molecule has 1 aliphatic carbocycles. The van der Waals surface area contributed by atoms with Crippen molar-refractivity contribution in [2.24, 2.45) is 0 Å². The first-order valence-electron chi connectivity index (χ1n) is 9.49. The molecule has 1 fully saturated rings. The summed E-state index contributed by atoms with van der Waals surface area (Å²) in [6.07, 6.45) is 6.19. The van der Waals surface area contributed by atoms with Gasteiger partial charge in [0.15, 0.2) is 0 Å². The van der Waals surface area contributed by atoms with E-state index in [9.17, 15) is 13.2 Å². The number of rotatable bonds is 7. The first kappa shape index (κ1) is 19.6. The summed E-state index contributed by atoms with van der Waals surface area (Å²) in [5.74, 6) is -0.136. The third-order valence-electron chi connectivity index (χ3n) is 4.92. The van der Waals surface area contributed by atoms with Gasteiger partial charge in [0.25, 0.3) is 5.91 Å². The summed E-state index contributed by atoms with van der Waals surface area (Å²) in [4.78, 5) is 12.5. The van der Waals surface area contributed by atoms with Gasteiger partial charge in [-0.3, -0.25) is 4.79 Å². The van der Waals surface area contributed by atoms with Crippen LogP contribution in [0.4, 0.5) is 0 Å². The van der Waals surface area contributed by atoms with Crippen molar-refractivity contribution >= 4 is 15.9 Å². The highest BCUT2D eigenvalue weighted by molar-refractivity contribution is 7.89. The normalized spacial score (nSPS) is 15.4. The van der Waals surface area contributed by atoms with Gasteiger partial charge in [-0.1, -0.05) is 49.6 Å². The zero-order valence-electron chi connectivity index (χ0n) is 15.4. The second-order valence-electron chi connectivity index (χ2n) is 6.97. The van der Waals surface area contributed by atoms with Crippen molar-refractivity contribution in [1.29, 1.82) is 0 Å². The number of sulfonamides is 1. The summed E-state index contributed by atoms with van der Waals surface area (Å²) in [5.41, 5.74) is 1.57. The van der Waals surface area contributed by atoms with Crippen LogP contribution in [-0.2, 0) is 16.4 Å². The van der Waals surface area contributed by atoms with Crippen LogP contribution in [0.2, 0.25) is 0 Å². The highest BCUT2D eigenvalue weighted by atomic mass is 32.2. The van der Waals surface area contributed by atoms with Gasteiger partial charge < -0.3 is 5.32 Å². The Bertz CT molecular complexity index is 843. The summed E-state index contributed by atoms with van der Waals surface area (Å²) in [6.45, 7) is 0.330. The molecule has 27 heavy (non-hydrogen) atoms. The summed E-state index contributed by atoms with van der Waals surface area (Å²) in [6, 6.07) is 16.1. The monoisotopic (exact) mass is 386 g/mol. The van der Waals surface area contributed by atoms with E-state index in [0.29, 0.717) is 18.5 Å². The van der Waals surface area contributed by atoms with Gasteiger partial charge in [-0.05, 0) is 49.1 Å². The highest BCUT2D eigenvalue weighted by Gasteiger charge is 2.18. The van der Waals surface area contributed by atoms with Crippen molar-refractivity contribution in [1.82, 2.24) is 10.0 Å². The molecule has 1 saturated carbocycles. The molecule has 0 saturated heterocycles. The summed E-state index contributed by atoms with van der Waals surface area (Å²) in [7, 11) is -3.58. The van der Waals surface area contributed by atoms with Crippen LogP contribution in [0.1, 0.15) is 48.0 Å². The minimum absolute atomic E-state index is 0.136. The van der Waals surface area contributed by atoms with E-state index in [4.69, 9.17) is 0 Å². The van der Waals surface area contributed by atoms with Crippen LogP contribution >= 0.6 is 0 Å². The molecule has 0 unspecified atom stereocenters. The summed E-state index contributed by atoms with van der Waals surface area (Å²) in [5, 5.41) is 3.04. The van der Waals surface area contributed by atoms with E-state index >= 15 is 0 Å². The molecule has 0 spiro atoms. The third-order valence-corrected chi connectivity index (χ3v) is 6.39. The Balaban J connectivity index is 1.55. The van der Waals surface area contributed by atoms with Crippen LogP contribution in [0.25, 0.3) is 0 Å². The van der Waals surface area contributed by atoms with Crippen LogP contribution < -0.4 is 10.0 Å². The number of hydrogen-bond acceptors (Lipinski definition) is 3.